The van der Waals surface area contributed by atoms with E-state index in [4.69, 9.17) is 5.73 Å². The number of nitrogens with zero attached hydrogens (tertiary/aromatic N) is 2. The van der Waals surface area contributed by atoms with Crippen LogP contribution in [0.15, 0.2) is 6.20 Å². The summed E-state index contributed by atoms with van der Waals surface area (Å²) >= 11 is 1.63. The van der Waals surface area contributed by atoms with Gasteiger partial charge in [0.25, 0.3) is 0 Å². The fraction of sp³-hybridized carbons (Fsp3) is 0.250. The minimum Gasteiger partial charge on any atom is -0.382 e. The van der Waals surface area contributed by atoms with Crippen molar-refractivity contribution < 1.29 is 0 Å². The second-order valence-corrected chi connectivity index (χ2v) is 4.09. The van der Waals surface area contributed by atoms with E-state index in [1.807, 2.05) is 20.0 Å². The first-order valence-electron chi connectivity index (χ1n) is 3.91. The van der Waals surface area contributed by atoms with E-state index < -0.39 is 0 Å². The number of nitrogens with one attached hydrogen (secondary N) is 1. The Morgan fingerprint density at radius 2 is 2.23 bits per heavy atom. The smallest absolute Gasteiger partial charge is 0.148 e. The standard InChI is InChI=1S/C8H10N4S/c1-4-7(11-12-8(4)9)6-3-10-5(2)13-6/h3H,1-2H3,(H3,9,11,12). The maximum absolute atomic E-state index is 5.63. The normalized spacial score (nSPS) is 10.6. The minimum absolute atomic E-state index is 0.557. The van der Waals surface area contributed by atoms with Gasteiger partial charge in [-0.15, -0.1) is 11.3 Å². The van der Waals surface area contributed by atoms with Crippen molar-refractivity contribution in [1.29, 1.82) is 0 Å². The summed E-state index contributed by atoms with van der Waals surface area (Å²) in [4.78, 5) is 5.26. The molecule has 13 heavy (non-hydrogen) atoms. The van der Waals surface area contributed by atoms with Crippen molar-refractivity contribution in [3.05, 3.63) is 16.8 Å². The Kier molecular flexibility index (Phi) is 1.81. The van der Waals surface area contributed by atoms with Gasteiger partial charge in [-0.2, -0.15) is 5.10 Å². The molecule has 0 aliphatic heterocycles. The zero-order valence-electron chi connectivity index (χ0n) is 7.46. The van der Waals surface area contributed by atoms with Gasteiger partial charge in [0.2, 0.25) is 0 Å². The molecule has 0 saturated carbocycles. The van der Waals surface area contributed by atoms with Crippen molar-refractivity contribution in [1.82, 2.24) is 15.2 Å². The van der Waals surface area contributed by atoms with Crippen LogP contribution in [0, 0.1) is 13.8 Å². The molecule has 4 nitrogen and oxygen atoms in total. The van der Waals surface area contributed by atoms with Crippen LogP contribution in [0.4, 0.5) is 5.82 Å². The molecular weight excluding hydrogens is 184 g/mol. The Labute approximate surface area is 79.8 Å². The Morgan fingerprint density at radius 1 is 1.46 bits per heavy atom. The second kappa shape index (κ2) is 2.85. The first-order chi connectivity index (χ1) is 6.18. The van der Waals surface area contributed by atoms with Crippen LogP contribution in [0.1, 0.15) is 10.6 Å². The van der Waals surface area contributed by atoms with Crippen molar-refractivity contribution in [3.8, 4) is 10.6 Å². The average molecular weight is 194 g/mol. The zero-order valence-corrected chi connectivity index (χ0v) is 8.27. The minimum atomic E-state index is 0.557. The van der Waals surface area contributed by atoms with E-state index in [1.165, 1.54) is 0 Å². The van der Waals surface area contributed by atoms with E-state index in [2.05, 4.69) is 15.2 Å². The van der Waals surface area contributed by atoms with E-state index in [0.717, 1.165) is 21.1 Å². The molecule has 2 rings (SSSR count). The van der Waals surface area contributed by atoms with Crippen molar-refractivity contribution in [2.24, 2.45) is 0 Å². The fourth-order valence-electron chi connectivity index (χ4n) is 1.13. The van der Waals surface area contributed by atoms with Crippen LogP contribution in [0.5, 0.6) is 0 Å². The summed E-state index contributed by atoms with van der Waals surface area (Å²) in [6.45, 7) is 3.92. The molecule has 0 aliphatic carbocycles. The van der Waals surface area contributed by atoms with Crippen LogP contribution >= 0.6 is 11.3 Å². The van der Waals surface area contributed by atoms with Crippen LogP contribution < -0.4 is 5.73 Å². The number of hydrogen-bond donors (Lipinski definition) is 2. The van der Waals surface area contributed by atoms with E-state index >= 15 is 0 Å². The number of aromatic amines is 1. The molecule has 0 aliphatic rings. The lowest BCUT2D eigenvalue weighted by Crippen LogP contribution is -1.85. The number of aryl methyl sites for hydroxylation is 1. The Bertz CT molecular complexity index is 429. The summed E-state index contributed by atoms with van der Waals surface area (Å²) in [5.41, 5.74) is 7.59. The summed E-state index contributed by atoms with van der Waals surface area (Å²) in [6.07, 6.45) is 1.83. The van der Waals surface area contributed by atoms with Crippen LogP contribution in [0.2, 0.25) is 0 Å². The highest BCUT2D eigenvalue weighted by Crippen LogP contribution is 2.28. The highest BCUT2D eigenvalue weighted by atomic mass is 32.1. The number of rotatable bonds is 1. The molecular formula is C8H10N4S. The molecule has 0 amide bonds. The maximum Gasteiger partial charge on any atom is 0.148 e. The second-order valence-electron chi connectivity index (χ2n) is 2.85. The van der Waals surface area contributed by atoms with E-state index in [-0.39, 0.29) is 0 Å². The van der Waals surface area contributed by atoms with Crippen LogP contribution in [0.25, 0.3) is 10.6 Å². The van der Waals surface area contributed by atoms with Crippen molar-refractivity contribution in [3.63, 3.8) is 0 Å². The van der Waals surface area contributed by atoms with Crippen LogP contribution in [0.3, 0.4) is 0 Å². The Balaban J connectivity index is 2.52. The molecule has 2 aromatic rings. The molecule has 5 heteroatoms. The lowest BCUT2D eigenvalue weighted by atomic mass is 10.2. The first kappa shape index (κ1) is 8.25. The molecule has 0 spiro atoms. The SMILES string of the molecule is Cc1ncc(-c2[nH]nc(N)c2C)s1. The van der Waals surface area contributed by atoms with Crippen LogP contribution in [-0.2, 0) is 0 Å². The van der Waals surface area contributed by atoms with Gasteiger partial charge in [0.1, 0.15) is 5.82 Å². The van der Waals surface area contributed by atoms with E-state index in [0.29, 0.717) is 5.82 Å². The molecule has 2 heterocycles. The van der Waals surface area contributed by atoms with Gasteiger partial charge < -0.3 is 5.73 Å². The number of thiazole rings is 1. The van der Waals surface area contributed by atoms with Gasteiger partial charge in [-0.05, 0) is 13.8 Å². The average Bonchev–Trinajstić information content (AvgIpc) is 2.62. The molecule has 68 valence electrons. The van der Waals surface area contributed by atoms with Gasteiger partial charge >= 0.3 is 0 Å². The van der Waals surface area contributed by atoms with Gasteiger partial charge in [0.15, 0.2) is 0 Å². The summed E-state index contributed by atoms with van der Waals surface area (Å²) in [5, 5.41) is 7.88. The molecule has 3 N–H and O–H groups in total. The summed E-state index contributed by atoms with van der Waals surface area (Å²) in [7, 11) is 0. The Morgan fingerprint density at radius 3 is 2.69 bits per heavy atom. The summed E-state index contributed by atoms with van der Waals surface area (Å²) in [6, 6.07) is 0. The van der Waals surface area contributed by atoms with Gasteiger partial charge in [-0.1, -0.05) is 0 Å². The summed E-state index contributed by atoms with van der Waals surface area (Å²) in [5.74, 6) is 0.557. The van der Waals surface area contributed by atoms with E-state index in [1.54, 1.807) is 11.3 Å². The third kappa shape index (κ3) is 1.31. The predicted molar refractivity (Wildman–Crippen MR) is 53.6 cm³/mol. The third-order valence-electron chi connectivity index (χ3n) is 1.92. The molecule has 0 fully saturated rings. The molecule has 2 aromatic heterocycles. The van der Waals surface area contributed by atoms with Gasteiger partial charge in [0, 0.05) is 11.8 Å². The number of anilines is 1. The quantitative estimate of drug-likeness (QED) is 0.726. The van der Waals surface area contributed by atoms with Crippen molar-refractivity contribution in [2.45, 2.75) is 13.8 Å². The van der Waals surface area contributed by atoms with Crippen molar-refractivity contribution >= 4 is 17.2 Å². The lowest BCUT2D eigenvalue weighted by Gasteiger charge is -1.91. The predicted octanol–water partition coefficient (Wildman–Crippen LogP) is 1.73. The fourth-order valence-corrected chi connectivity index (χ4v) is 1.96. The number of H-pyrrole nitrogens is 1. The summed E-state index contributed by atoms with van der Waals surface area (Å²) < 4.78 is 0. The highest BCUT2D eigenvalue weighted by molar-refractivity contribution is 7.15. The highest BCUT2D eigenvalue weighted by Gasteiger charge is 2.09. The van der Waals surface area contributed by atoms with Gasteiger partial charge in [-0.3, -0.25) is 5.10 Å². The maximum atomic E-state index is 5.63. The molecule has 0 bridgehead atoms. The number of nitrogens with two attached hydrogens (primary N) is 1. The lowest BCUT2D eigenvalue weighted by molar-refractivity contribution is 1.10. The number of aromatic nitrogens is 3. The third-order valence-corrected chi connectivity index (χ3v) is 2.85. The topological polar surface area (TPSA) is 67.6 Å². The zero-order chi connectivity index (χ0) is 9.42. The van der Waals surface area contributed by atoms with E-state index in [9.17, 15) is 0 Å². The molecule has 0 aromatic carbocycles. The van der Waals surface area contributed by atoms with Crippen molar-refractivity contribution in [2.75, 3.05) is 5.73 Å². The first-order valence-corrected chi connectivity index (χ1v) is 4.73. The number of hydrogen-bond acceptors (Lipinski definition) is 4. The van der Waals surface area contributed by atoms with Gasteiger partial charge in [-0.25, -0.2) is 4.98 Å². The molecule has 0 unspecified atom stereocenters. The largest absolute Gasteiger partial charge is 0.382 e. The van der Waals surface area contributed by atoms with Gasteiger partial charge in [0.05, 0.1) is 15.6 Å². The Hall–Kier alpha value is -1.36. The number of nitrogen functional groups attached to an aromatic ring is 1. The monoisotopic (exact) mass is 194 g/mol. The molecule has 0 saturated heterocycles. The molecule has 0 radical (unpaired) electrons. The van der Waals surface area contributed by atoms with Crippen LogP contribution in [-0.4, -0.2) is 15.2 Å². The molecule has 0 atom stereocenters.